The normalized spacial score (nSPS) is 19.7. The van der Waals surface area contributed by atoms with Gasteiger partial charge in [-0.2, -0.15) is 0 Å². The molecule has 0 radical (unpaired) electrons. The Morgan fingerprint density at radius 1 is 0.967 bits per heavy atom. The maximum atomic E-state index is 12.7. The average molecular weight is 464 g/mol. The van der Waals surface area contributed by atoms with Crippen LogP contribution in [-0.4, -0.2) is 25.5 Å². The lowest BCUT2D eigenvalue weighted by Gasteiger charge is -2.30. The Kier molecular flexibility index (Phi) is 6.21. The SMILES string of the molecule is Cc1ccc(S(=O)(=O)N[C@H]2CC[C@@H](Nc3ccnc4cc(Cl)ccc34)CC2)cc1Cl. The standard InChI is InChI=1S/C22H23Cl2N3O2S/c1-14-2-8-18(13-20(14)24)30(28,29)27-17-6-4-16(5-7-17)26-21-10-11-25-22-12-15(23)3-9-19(21)22/h2-3,8-13,16-17,27H,4-7H2,1H3,(H,25,26)/t16-,17+. The number of sulfonamides is 1. The number of aromatic nitrogens is 1. The van der Waals surface area contributed by atoms with Crippen LogP contribution in [0.4, 0.5) is 5.69 Å². The summed E-state index contributed by atoms with van der Waals surface area (Å²) < 4.78 is 28.3. The summed E-state index contributed by atoms with van der Waals surface area (Å²) in [5, 5.41) is 5.74. The van der Waals surface area contributed by atoms with E-state index in [0.29, 0.717) is 10.0 Å². The van der Waals surface area contributed by atoms with Gasteiger partial charge in [-0.05, 0) is 74.6 Å². The largest absolute Gasteiger partial charge is 0.382 e. The van der Waals surface area contributed by atoms with Crippen LogP contribution in [0.3, 0.4) is 0 Å². The van der Waals surface area contributed by atoms with Gasteiger partial charge in [0.25, 0.3) is 0 Å². The first-order valence-electron chi connectivity index (χ1n) is 9.91. The molecule has 0 atom stereocenters. The maximum absolute atomic E-state index is 12.7. The highest BCUT2D eigenvalue weighted by Gasteiger charge is 2.26. The molecule has 0 bridgehead atoms. The molecular weight excluding hydrogens is 441 g/mol. The van der Waals surface area contributed by atoms with Crippen LogP contribution in [0.1, 0.15) is 31.2 Å². The van der Waals surface area contributed by atoms with Gasteiger partial charge >= 0.3 is 0 Å². The Morgan fingerprint density at radius 2 is 1.70 bits per heavy atom. The summed E-state index contributed by atoms with van der Waals surface area (Å²) >= 11 is 12.2. The van der Waals surface area contributed by atoms with E-state index in [9.17, 15) is 8.42 Å². The third kappa shape index (κ3) is 4.72. The van der Waals surface area contributed by atoms with Gasteiger partial charge in [0.1, 0.15) is 0 Å². The zero-order valence-electron chi connectivity index (χ0n) is 16.5. The van der Waals surface area contributed by atoms with Gasteiger partial charge in [0.15, 0.2) is 0 Å². The second-order valence-electron chi connectivity index (χ2n) is 7.75. The van der Waals surface area contributed by atoms with Gasteiger partial charge in [0, 0.05) is 39.4 Å². The number of nitrogens with one attached hydrogen (secondary N) is 2. The molecule has 30 heavy (non-hydrogen) atoms. The van der Waals surface area contributed by atoms with Crippen LogP contribution < -0.4 is 10.0 Å². The minimum atomic E-state index is -3.58. The number of hydrogen-bond donors (Lipinski definition) is 2. The van der Waals surface area contributed by atoms with Crippen molar-refractivity contribution in [2.75, 3.05) is 5.32 Å². The number of hydrogen-bond acceptors (Lipinski definition) is 4. The summed E-state index contributed by atoms with van der Waals surface area (Å²) in [4.78, 5) is 4.59. The Labute approximate surface area is 186 Å². The smallest absolute Gasteiger partial charge is 0.240 e. The summed E-state index contributed by atoms with van der Waals surface area (Å²) in [6, 6.07) is 12.7. The van der Waals surface area contributed by atoms with E-state index in [0.717, 1.165) is 47.8 Å². The van der Waals surface area contributed by atoms with E-state index in [-0.39, 0.29) is 17.0 Å². The predicted molar refractivity (Wildman–Crippen MR) is 123 cm³/mol. The van der Waals surface area contributed by atoms with E-state index in [2.05, 4.69) is 15.0 Å². The molecule has 1 heterocycles. The lowest BCUT2D eigenvalue weighted by atomic mass is 9.91. The fourth-order valence-electron chi connectivity index (χ4n) is 3.85. The number of aryl methyl sites for hydroxylation is 1. The van der Waals surface area contributed by atoms with Crippen LogP contribution in [-0.2, 0) is 10.0 Å². The molecule has 1 fully saturated rings. The predicted octanol–water partition coefficient (Wildman–Crippen LogP) is 5.55. The highest BCUT2D eigenvalue weighted by Crippen LogP contribution is 2.29. The Balaban J connectivity index is 1.39. The quantitative estimate of drug-likeness (QED) is 0.519. The zero-order valence-corrected chi connectivity index (χ0v) is 18.9. The first kappa shape index (κ1) is 21.4. The fourth-order valence-corrected chi connectivity index (χ4v) is 5.59. The van der Waals surface area contributed by atoms with E-state index in [1.807, 2.05) is 31.2 Å². The topological polar surface area (TPSA) is 71.1 Å². The molecule has 1 aliphatic rings. The van der Waals surface area contributed by atoms with Gasteiger partial charge in [-0.25, -0.2) is 13.1 Å². The number of fused-ring (bicyclic) bond motifs is 1. The molecular formula is C22H23Cl2N3O2S. The minimum absolute atomic E-state index is 0.0823. The van der Waals surface area contributed by atoms with Crippen LogP contribution in [0.2, 0.25) is 10.0 Å². The number of rotatable bonds is 5. The van der Waals surface area contributed by atoms with Crippen molar-refractivity contribution in [2.24, 2.45) is 0 Å². The molecule has 1 aromatic heterocycles. The number of pyridine rings is 1. The fraction of sp³-hybridized carbons (Fsp3) is 0.318. The lowest BCUT2D eigenvalue weighted by Crippen LogP contribution is -2.40. The van der Waals surface area contributed by atoms with Gasteiger partial charge in [0.05, 0.1) is 10.4 Å². The molecule has 8 heteroatoms. The molecule has 0 amide bonds. The van der Waals surface area contributed by atoms with Crippen LogP contribution in [0.5, 0.6) is 0 Å². The third-order valence-corrected chi connectivity index (χ3v) is 7.73. The van der Waals surface area contributed by atoms with Crippen LogP contribution in [0.15, 0.2) is 53.6 Å². The molecule has 1 aliphatic carbocycles. The minimum Gasteiger partial charge on any atom is -0.382 e. The lowest BCUT2D eigenvalue weighted by molar-refractivity contribution is 0.387. The number of nitrogens with zero attached hydrogens (tertiary/aromatic N) is 1. The van der Waals surface area contributed by atoms with Crippen molar-refractivity contribution in [3.8, 4) is 0 Å². The molecule has 1 saturated carbocycles. The molecule has 3 aromatic rings. The van der Waals surface area contributed by atoms with E-state index in [1.54, 1.807) is 18.3 Å². The number of anilines is 1. The highest BCUT2D eigenvalue weighted by atomic mass is 35.5. The first-order valence-corrected chi connectivity index (χ1v) is 12.1. The molecule has 0 saturated heterocycles. The van der Waals surface area contributed by atoms with Gasteiger partial charge < -0.3 is 5.32 Å². The average Bonchev–Trinajstić information content (AvgIpc) is 2.71. The first-order chi connectivity index (χ1) is 14.3. The van der Waals surface area contributed by atoms with Gasteiger partial charge in [0.2, 0.25) is 10.0 Å². The van der Waals surface area contributed by atoms with Crippen molar-refractivity contribution in [1.29, 1.82) is 0 Å². The molecule has 2 aromatic carbocycles. The molecule has 5 nitrogen and oxygen atoms in total. The Hall–Kier alpha value is -1.86. The van der Waals surface area contributed by atoms with Crippen molar-refractivity contribution in [3.05, 3.63) is 64.3 Å². The van der Waals surface area contributed by atoms with Crippen LogP contribution >= 0.6 is 23.2 Å². The molecule has 0 unspecified atom stereocenters. The maximum Gasteiger partial charge on any atom is 0.240 e. The van der Waals surface area contributed by atoms with Crippen LogP contribution in [0, 0.1) is 6.92 Å². The molecule has 4 rings (SSSR count). The second kappa shape index (κ2) is 8.71. The van der Waals surface area contributed by atoms with Crippen LogP contribution in [0.25, 0.3) is 10.9 Å². The van der Waals surface area contributed by atoms with E-state index < -0.39 is 10.0 Å². The zero-order chi connectivity index (χ0) is 21.3. The third-order valence-electron chi connectivity index (χ3n) is 5.57. The van der Waals surface area contributed by atoms with E-state index in [1.165, 1.54) is 6.07 Å². The summed E-state index contributed by atoms with van der Waals surface area (Å²) in [5.41, 5.74) is 2.73. The molecule has 0 spiro atoms. The summed E-state index contributed by atoms with van der Waals surface area (Å²) in [6.45, 7) is 1.85. The van der Waals surface area contributed by atoms with E-state index >= 15 is 0 Å². The van der Waals surface area contributed by atoms with Gasteiger partial charge in [-0.15, -0.1) is 0 Å². The van der Waals surface area contributed by atoms with Gasteiger partial charge in [-0.3, -0.25) is 4.98 Å². The van der Waals surface area contributed by atoms with Crippen molar-refractivity contribution in [2.45, 2.75) is 49.6 Å². The summed E-state index contributed by atoms with van der Waals surface area (Å²) in [6.07, 6.45) is 5.06. The van der Waals surface area contributed by atoms with Crippen molar-refractivity contribution in [1.82, 2.24) is 9.71 Å². The highest BCUT2D eigenvalue weighted by molar-refractivity contribution is 7.89. The Morgan fingerprint density at radius 3 is 2.43 bits per heavy atom. The summed E-state index contributed by atoms with van der Waals surface area (Å²) in [7, 11) is -3.58. The van der Waals surface area contributed by atoms with Crippen molar-refractivity contribution < 1.29 is 8.42 Å². The summed E-state index contributed by atoms with van der Waals surface area (Å²) in [5.74, 6) is 0. The molecule has 158 valence electrons. The van der Waals surface area contributed by atoms with Gasteiger partial charge in [-0.1, -0.05) is 29.3 Å². The molecule has 2 N–H and O–H groups in total. The molecule has 0 aliphatic heterocycles. The number of benzene rings is 2. The second-order valence-corrected chi connectivity index (χ2v) is 10.3. The van der Waals surface area contributed by atoms with Crippen molar-refractivity contribution in [3.63, 3.8) is 0 Å². The number of halogens is 2. The Bertz CT molecular complexity index is 1180. The van der Waals surface area contributed by atoms with E-state index in [4.69, 9.17) is 23.2 Å². The monoisotopic (exact) mass is 463 g/mol. The van der Waals surface area contributed by atoms with Crippen molar-refractivity contribution >= 4 is 49.8 Å².